The highest BCUT2D eigenvalue weighted by Gasteiger charge is 2.26. The average molecular weight is 380 g/mol. The Balaban J connectivity index is 1.91. The standard InChI is InChI=1S/C20H24N6O2/c1-5-9-24-18(27)16-17(23(4)20(24)28)21-19-25(16)11-14(3)22-26(19)12-15-8-6-7-13(2)10-15/h6-8,10H,5,9,11-12H2,1-4H3. The summed E-state index contributed by atoms with van der Waals surface area (Å²) < 4.78 is 4.63. The lowest BCUT2D eigenvalue weighted by molar-refractivity contribution is 0.590. The van der Waals surface area contributed by atoms with Crippen LogP contribution in [0.4, 0.5) is 5.95 Å². The predicted octanol–water partition coefficient (Wildman–Crippen LogP) is 2.01. The molecule has 0 amide bonds. The molecule has 4 rings (SSSR count). The number of hydrazone groups is 1. The number of hydrogen-bond donors (Lipinski definition) is 0. The molecule has 3 heterocycles. The number of rotatable bonds is 4. The maximum absolute atomic E-state index is 13.1. The first-order valence-corrected chi connectivity index (χ1v) is 9.48. The summed E-state index contributed by atoms with van der Waals surface area (Å²) in [7, 11) is 1.66. The molecule has 0 saturated heterocycles. The van der Waals surface area contributed by atoms with Gasteiger partial charge in [-0.05, 0) is 25.8 Å². The van der Waals surface area contributed by atoms with Crippen molar-refractivity contribution in [1.29, 1.82) is 0 Å². The van der Waals surface area contributed by atoms with Crippen LogP contribution < -0.4 is 16.3 Å². The van der Waals surface area contributed by atoms with Gasteiger partial charge in [0.2, 0.25) is 5.95 Å². The monoisotopic (exact) mass is 380 g/mol. The quantitative estimate of drug-likeness (QED) is 0.694. The van der Waals surface area contributed by atoms with Crippen LogP contribution in [0.1, 0.15) is 31.4 Å². The van der Waals surface area contributed by atoms with Gasteiger partial charge >= 0.3 is 5.69 Å². The van der Waals surface area contributed by atoms with E-state index in [1.807, 2.05) is 35.6 Å². The summed E-state index contributed by atoms with van der Waals surface area (Å²) in [5.41, 5.74) is 3.39. The van der Waals surface area contributed by atoms with Gasteiger partial charge in [-0.2, -0.15) is 10.1 Å². The van der Waals surface area contributed by atoms with Crippen LogP contribution in [0.25, 0.3) is 11.2 Å². The summed E-state index contributed by atoms with van der Waals surface area (Å²) in [6.07, 6.45) is 0.710. The van der Waals surface area contributed by atoms with Gasteiger partial charge in [0.25, 0.3) is 5.56 Å². The first-order valence-electron chi connectivity index (χ1n) is 9.48. The zero-order chi connectivity index (χ0) is 20.0. The molecule has 28 heavy (non-hydrogen) atoms. The number of hydrogen-bond acceptors (Lipinski definition) is 5. The Labute approximate surface area is 162 Å². The first kappa shape index (κ1) is 18.2. The third-order valence-corrected chi connectivity index (χ3v) is 4.98. The highest BCUT2D eigenvalue weighted by Crippen LogP contribution is 2.25. The molecule has 2 aromatic heterocycles. The van der Waals surface area contributed by atoms with Gasteiger partial charge in [0.15, 0.2) is 11.2 Å². The largest absolute Gasteiger partial charge is 0.332 e. The van der Waals surface area contributed by atoms with E-state index in [0.29, 0.717) is 43.2 Å². The van der Waals surface area contributed by atoms with Gasteiger partial charge in [-0.1, -0.05) is 36.8 Å². The van der Waals surface area contributed by atoms with Crippen LogP contribution in [0.3, 0.4) is 0 Å². The van der Waals surface area contributed by atoms with E-state index >= 15 is 0 Å². The zero-order valence-electron chi connectivity index (χ0n) is 16.6. The molecule has 3 aromatic rings. The number of nitrogens with zero attached hydrogens (tertiary/aromatic N) is 6. The minimum absolute atomic E-state index is 0.288. The number of fused-ring (bicyclic) bond motifs is 3. The number of aromatic nitrogens is 4. The van der Waals surface area contributed by atoms with E-state index in [9.17, 15) is 9.59 Å². The van der Waals surface area contributed by atoms with E-state index in [1.54, 1.807) is 7.05 Å². The number of benzene rings is 1. The predicted molar refractivity (Wildman–Crippen MR) is 110 cm³/mol. The Kier molecular flexibility index (Phi) is 4.41. The van der Waals surface area contributed by atoms with Gasteiger partial charge in [0.1, 0.15) is 0 Å². The second-order valence-electron chi connectivity index (χ2n) is 7.35. The summed E-state index contributed by atoms with van der Waals surface area (Å²) in [5, 5.41) is 6.46. The lowest BCUT2D eigenvalue weighted by atomic mass is 10.1. The van der Waals surface area contributed by atoms with E-state index in [-0.39, 0.29) is 11.2 Å². The molecule has 0 spiro atoms. The van der Waals surface area contributed by atoms with Crippen LogP contribution >= 0.6 is 0 Å². The van der Waals surface area contributed by atoms with Crippen LogP contribution in [0.15, 0.2) is 39.0 Å². The van der Waals surface area contributed by atoms with Crippen molar-refractivity contribution in [2.75, 3.05) is 5.01 Å². The third kappa shape index (κ3) is 2.85. The highest BCUT2D eigenvalue weighted by atomic mass is 16.2. The maximum atomic E-state index is 13.1. The minimum atomic E-state index is -0.335. The molecule has 0 radical (unpaired) electrons. The van der Waals surface area contributed by atoms with Crippen molar-refractivity contribution >= 4 is 22.8 Å². The topological polar surface area (TPSA) is 77.4 Å². The van der Waals surface area contributed by atoms with Crippen LogP contribution in [-0.4, -0.2) is 24.4 Å². The van der Waals surface area contributed by atoms with E-state index in [2.05, 4.69) is 29.1 Å². The second kappa shape index (κ2) is 6.78. The van der Waals surface area contributed by atoms with Crippen molar-refractivity contribution in [2.45, 2.75) is 46.8 Å². The van der Waals surface area contributed by atoms with Gasteiger partial charge in [0, 0.05) is 13.6 Å². The molecule has 8 nitrogen and oxygen atoms in total. The Morgan fingerprint density at radius 3 is 2.68 bits per heavy atom. The van der Waals surface area contributed by atoms with E-state index < -0.39 is 0 Å². The van der Waals surface area contributed by atoms with E-state index in [0.717, 1.165) is 11.3 Å². The fraction of sp³-hybridized carbons (Fsp3) is 0.400. The van der Waals surface area contributed by atoms with Crippen molar-refractivity contribution in [3.8, 4) is 0 Å². The summed E-state index contributed by atoms with van der Waals surface area (Å²) in [4.78, 5) is 30.3. The third-order valence-electron chi connectivity index (χ3n) is 4.98. The van der Waals surface area contributed by atoms with Gasteiger partial charge in [-0.15, -0.1) is 0 Å². The van der Waals surface area contributed by atoms with Gasteiger partial charge in [-0.25, -0.2) is 9.80 Å². The van der Waals surface area contributed by atoms with Crippen molar-refractivity contribution in [1.82, 2.24) is 18.7 Å². The molecule has 0 saturated carbocycles. The van der Waals surface area contributed by atoms with E-state index in [4.69, 9.17) is 0 Å². The summed E-state index contributed by atoms with van der Waals surface area (Å²) in [6.45, 7) is 7.35. The van der Waals surface area contributed by atoms with Crippen molar-refractivity contribution in [3.05, 3.63) is 56.2 Å². The molecule has 0 bridgehead atoms. The lowest BCUT2D eigenvalue weighted by Crippen LogP contribution is -2.40. The lowest BCUT2D eigenvalue weighted by Gasteiger charge is -2.25. The Bertz CT molecular complexity index is 1210. The molecule has 8 heteroatoms. The normalized spacial score (nSPS) is 13.7. The van der Waals surface area contributed by atoms with Crippen LogP contribution in [-0.2, 0) is 26.7 Å². The molecule has 0 unspecified atom stereocenters. The molecule has 0 N–H and O–H groups in total. The van der Waals surface area contributed by atoms with Crippen LogP contribution in [0.2, 0.25) is 0 Å². The fourth-order valence-electron chi connectivity index (χ4n) is 3.73. The molecular formula is C20H24N6O2. The molecule has 1 aliphatic rings. The summed E-state index contributed by atoms with van der Waals surface area (Å²) >= 11 is 0. The smallest absolute Gasteiger partial charge is 0.297 e. The van der Waals surface area contributed by atoms with Crippen LogP contribution in [0.5, 0.6) is 0 Å². The molecule has 1 aliphatic heterocycles. The van der Waals surface area contributed by atoms with Gasteiger partial charge in [-0.3, -0.25) is 18.5 Å². The molecule has 0 fully saturated rings. The molecule has 146 valence electrons. The average Bonchev–Trinajstić information content (AvgIpc) is 3.03. The number of anilines is 1. The van der Waals surface area contributed by atoms with E-state index in [1.165, 1.54) is 14.7 Å². The number of imidazole rings is 1. The zero-order valence-corrected chi connectivity index (χ0v) is 16.6. The van der Waals surface area contributed by atoms with Crippen molar-refractivity contribution < 1.29 is 0 Å². The second-order valence-corrected chi connectivity index (χ2v) is 7.35. The maximum Gasteiger partial charge on any atom is 0.332 e. The number of aryl methyl sites for hydroxylation is 2. The van der Waals surface area contributed by atoms with Crippen molar-refractivity contribution in [3.63, 3.8) is 0 Å². The van der Waals surface area contributed by atoms with Gasteiger partial charge < -0.3 is 0 Å². The van der Waals surface area contributed by atoms with Gasteiger partial charge in [0.05, 0.1) is 18.8 Å². The fourth-order valence-corrected chi connectivity index (χ4v) is 3.73. The Hall–Kier alpha value is -3.16. The molecular weight excluding hydrogens is 356 g/mol. The van der Waals surface area contributed by atoms with Crippen LogP contribution in [0, 0.1) is 6.92 Å². The summed E-state index contributed by atoms with van der Waals surface area (Å²) in [5.74, 6) is 0.587. The summed E-state index contributed by atoms with van der Waals surface area (Å²) in [6, 6.07) is 8.22. The Morgan fingerprint density at radius 1 is 1.18 bits per heavy atom. The minimum Gasteiger partial charge on any atom is -0.297 e. The SMILES string of the molecule is CCCn1c(=O)c2c(nc3n2CC(C)=NN3Cc2cccc(C)c2)n(C)c1=O. The Morgan fingerprint density at radius 2 is 1.96 bits per heavy atom. The first-order chi connectivity index (χ1) is 13.4. The van der Waals surface area contributed by atoms with Crippen molar-refractivity contribution in [2.24, 2.45) is 12.1 Å². The molecule has 1 aromatic carbocycles. The molecule has 0 atom stereocenters. The highest BCUT2D eigenvalue weighted by molar-refractivity contribution is 5.87. The molecule has 0 aliphatic carbocycles.